The summed E-state index contributed by atoms with van der Waals surface area (Å²) in [7, 11) is 1.78. The van der Waals surface area contributed by atoms with Crippen molar-refractivity contribution < 1.29 is 50.9 Å². The molecule has 10 nitrogen and oxygen atoms in total. The third-order valence-corrected chi connectivity index (χ3v) is 6.15. The van der Waals surface area contributed by atoms with Crippen LogP contribution in [0.5, 0.6) is 0 Å². The molecule has 0 bridgehead atoms. The standard InChI is InChI=1S/C21H28N4O2.2C2HF3O2/c1-27-14-17-4-2-3-11-25(17)13-15-5-7-16(8-6-15)20-23-19-9-10-22-12-18(19)21(26)24-20;2*3-2(4,5)1(6)7/h5-8,17,22H,2-4,9-14H2,1H3,(H,23,24,26);2*(H,6,7). The fourth-order valence-corrected chi connectivity index (χ4v) is 4.14. The van der Waals surface area contributed by atoms with Crippen molar-refractivity contribution in [2.75, 3.05) is 26.8 Å². The van der Waals surface area contributed by atoms with Gasteiger partial charge in [0.1, 0.15) is 5.82 Å². The van der Waals surface area contributed by atoms with E-state index >= 15 is 0 Å². The molecule has 1 aromatic carbocycles. The molecule has 1 atom stereocenters. The van der Waals surface area contributed by atoms with E-state index in [1.165, 1.54) is 24.8 Å². The average Bonchev–Trinajstić information content (AvgIpc) is 2.90. The van der Waals surface area contributed by atoms with Crippen molar-refractivity contribution in [3.8, 4) is 11.4 Å². The number of H-pyrrole nitrogens is 1. The highest BCUT2D eigenvalue weighted by Gasteiger charge is 2.38. The van der Waals surface area contributed by atoms with Crippen molar-refractivity contribution in [2.45, 2.75) is 57.2 Å². The molecule has 4 rings (SSSR count). The van der Waals surface area contributed by atoms with Gasteiger partial charge in [0.05, 0.1) is 17.9 Å². The molecule has 2 aliphatic rings. The van der Waals surface area contributed by atoms with Crippen molar-refractivity contribution in [2.24, 2.45) is 0 Å². The summed E-state index contributed by atoms with van der Waals surface area (Å²) < 4.78 is 68.9. The van der Waals surface area contributed by atoms with Crippen LogP contribution in [0.15, 0.2) is 29.1 Å². The zero-order valence-electron chi connectivity index (χ0n) is 21.9. The second-order valence-electron chi connectivity index (χ2n) is 9.14. The number of carbonyl (C=O) groups is 2. The van der Waals surface area contributed by atoms with E-state index in [0.29, 0.717) is 18.4 Å². The molecular formula is C25H30F6N4O6. The Bertz CT molecular complexity index is 1190. The zero-order chi connectivity index (χ0) is 30.8. The van der Waals surface area contributed by atoms with Gasteiger partial charge >= 0.3 is 24.3 Å². The number of hydrogen-bond donors (Lipinski definition) is 4. The van der Waals surface area contributed by atoms with Gasteiger partial charge in [-0.25, -0.2) is 14.6 Å². The van der Waals surface area contributed by atoms with Gasteiger partial charge in [0.2, 0.25) is 0 Å². The number of fused-ring (bicyclic) bond motifs is 1. The minimum atomic E-state index is -5.08. The average molecular weight is 597 g/mol. The molecular weight excluding hydrogens is 566 g/mol. The Kier molecular flexibility index (Phi) is 12.3. The summed E-state index contributed by atoms with van der Waals surface area (Å²) in [6, 6.07) is 8.94. The van der Waals surface area contributed by atoms with Gasteiger partial charge in [-0.15, -0.1) is 0 Å². The number of methoxy groups -OCH3 is 1. The Morgan fingerprint density at radius 3 is 2.17 bits per heavy atom. The highest BCUT2D eigenvalue weighted by Crippen LogP contribution is 2.22. The number of aromatic nitrogens is 2. The van der Waals surface area contributed by atoms with Gasteiger partial charge in [0.25, 0.3) is 5.56 Å². The Hall–Kier alpha value is -3.50. The van der Waals surface area contributed by atoms with Crippen LogP contribution in [-0.4, -0.2) is 82.2 Å². The molecule has 41 heavy (non-hydrogen) atoms. The molecule has 2 aliphatic heterocycles. The second-order valence-corrected chi connectivity index (χ2v) is 9.14. The summed E-state index contributed by atoms with van der Waals surface area (Å²) in [6.45, 7) is 4.35. The maximum Gasteiger partial charge on any atom is 0.490 e. The topological polar surface area (TPSA) is 145 Å². The number of nitrogens with zero attached hydrogens (tertiary/aromatic N) is 2. The van der Waals surface area contributed by atoms with E-state index in [4.69, 9.17) is 29.5 Å². The van der Waals surface area contributed by atoms with E-state index in [2.05, 4.69) is 39.5 Å². The first kappa shape index (κ1) is 33.7. The number of hydrogen-bond acceptors (Lipinski definition) is 7. The number of benzene rings is 1. The second kappa shape index (κ2) is 14.9. The van der Waals surface area contributed by atoms with Crippen molar-refractivity contribution >= 4 is 11.9 Å². The number of aliphatic carboxylic acids is 2. The van der Waals surface area contributed by atoms with Crippen LogP contribution in [0.25, 0.3) is 11.4 Å². The first-order valence-electron chi connectivity index (χ1n) is 12.4. The zero-order valence-corrected chi connectivity index (χ0v) is 21.9. The van der Waals surface area contributed by atoms with E-state index in [9.17, 15) is 31.1 Å². The summed E-state index contributed by atoms with van der Waals surface area (Å²) >= 11 is 0. The van der Waals surface area contributed by atoms with Crippen LogP contribution in [0.1, 0.15) is 36.1 Å². The van der Waals surface area contributed by atoms with Crippen LogP contribution in [0, 0.1) is 0 Å². The SMILES string of the molecule is COCC1CCCCN1Cc1ccc(-c2nc3c(c(=O)[nH]2)CNCC3)cc1.O=C(O)C(F)(F)F.O=C(O)C(F)(F)F. The number of piperidine rings is 1. The van der Waals surface area contributed by atoms with Crippen molar-refractivity contribution in [1.29, 1.82) is 0 Å². The number of rotatable bonds is 5. The summed E-state index contributed by atoms with van der Waals surface area (Å²) in [5, 5.41) is 17.5. The molecule has 3 heterocycles. The maximum atomic E-state index is 12.3. The monoisotopic (exact) mass is 596 g/mol. The molecule has 0 amide bonds. The van der Waals surface area contributed by atoms with E-state index in [1.54, 1.807) is 7.11 Å². The fraction of sp³-hybridized carbons (Fsp3) is 0.520. The quantitative estimate of drug-likeness (QED) is 0.382. The van der Waals surface area contributed by atoms with Crippen LogP contribution < -0.4 is 10.9 Å². The normalized spacial score (nSPS) is 17.3. The highest BCUT2D eigenvalue weighted by molar-refractivity contribution is 5.73. The van der Waals surface area contributed by atoms with E-state index < -0.39 is 24.3 Å². The molecule has 1 unspecified atom stereocenters. The summed E-state index contributed by atoms with van der Waals surface area (Å²) in [4.78, 5) is 40.3. The lowest BCUT2D eigenvalue weighted by molar-refractivity contribution is -0.193. The Balaban J connectivity index is 0.000000349. The first-order valence-corrected chi connectivity index (χ1v) is 12.4. The van der Waals surface area contributed by atoms with Crippen LogP contribution >= 0.6 is 0 Å². The molecule has 0 aliphatic carbocycles. The number of carboxylic acids is 2. The number of alkyl halides is 6. The number of ether oxygens (including phenoxy) is 1. The lowest BCUT2D eigenvalue weighted by Crippen LogP contribution is -2.41. The van der Waals surface area contributed by atoms with Gasteiger partial charge in [-0.3, -0.25) is 9.69 Å². The van der Waals surface area contributed by atoms with Crippen LogP contribution in [-0.2, 0) is 33.8 Å². The molecule has 1 saturated heterocycles. The molecule has 4 N–H and O–H groups in total. The largest absolute Gasteiger partial charge is 0.490 e. The molecule has 16 heteroatoms. The van der Waals surface area contributed by atoms with Crippen LogP contribution in [0.2, 0.25) is 0 Å². The fourth-order valence-electron chi connectivity index (χ4n) is 4.14. The Morgan fingerprint density at radius 2 is 1.63 bits per heavy atom. The summed E-state index contributed by atoms with van der Waals surface area (Å²) in [6.07, 6.45) is -5.61. The number of nitrogens with one attached hydrogen (secondary N) is 2. The van der Waals surface area contributed by atoms with Crippen LogP contribution in [0.3, 0.4) is 0 Å². The Morgan fingerprint density at radius 1 is 1.05 bits per heavy atom. The summed E-state index contributed by atoms with van der Waals surface area (Å²) in [5.74, 6) is -4.84. The van der Waals surface area contributed by atoms with Gasteiger partial charge in [0, 0.05) is 44.8 Å². The Labute approximate surface area is 230 Å². The molecule has 0 saturated carbocycles. The summed E-state index contributed by atoms with van der Waals surface area (Å²) in [5.41, 5.74) is 3.92. The predicted octanol–water partition coefficient (Wildman–Crippen LogP) is 3.35. The lowest BCUT2D eigenvalue weighted by atomic mass is 10.0. The van der Waals surface area contributed by atoms with E-state index in [0.717, 1.165) is 49.5 Å². The van der Waals surface area contributed by atoms with E-state index in [-0.39, 0.29) is 5.56 Å². The molecule has 0 spiro atoms. The smallest absolute Gasteiger partial charge is 0.475 e. The number of halogens is 6. The van der Waals surface area contributed by atoms with Crippen molar-refractivity contribution in [1.82, 2.24) is 20.2 Å². The maximum absolute atomic E-state index is 12.3. The van der Waals surface area contributed by atoms with Gasteiger partial charge < -0.3 is 25.3 Å². The highest BCUT2D eigenvalue weighted by atomic mass is 19.4. The van der Waals surface area contributed by atoms with Crippen LogP contribution in [0.4, 0.5) is 26.3 Å². The van der Waals surface area contributed by atoms with Gasteiger partial charge in [-0.05, 0) is 24.9 Å². The molecule has 0 radical (unpaired) electrons. The lowest BCUT2D eigenvalue weighted by Gasteiger charge is -2.35. The van der Waals surface area contributed by atoms with Gasteiger partial charge in [-0.1, -0.05) is 30.7 Å². The third-order valence-electron chi connectivity index (χ3n) is 6.15. The number of aromatic amines is 1. The van der Waals surface area contributed by atoms with Gasteiger partial charge in [0.15, 0.2) is 0 Å². The molecule has 2 aromatic rings. The molecule has 228 valence electrons. The first-order chi connectivity index (χ1) is 19.1. The molecule has 1 aromatic heterocycles. The van der Waals surface area contributed by atoms with E-state index in [1.807, 2.05) is 0 Å². The minimum absolute atomic E-state index is 0.0259. The van der Waals surface area contributed by atoms with Crippen molar-refractivity contribution in [3.63, 3.8) is 0 Å². The predicted molar refractivity (Wildman–Crippen MR) is 133 cm³/mol. The number of likely N-dealkylation sites (tertiary alicyclic amines) is 1. The number of carboxylic acid groups (broad SMARTS) is 2. The van der Waals surface area contributed by atoms with Crippen molar-refractivity contribution in [3.05, 3.63) is 51.4 Å². The molecule has 1 fully saturated rings. The third kappa shape index (κ3) is 10.8. The minimum Gasteiger partial charge on any atom is -0.475 e. The van der Waals surface area contributed by atoms with Gasteiger partial charge in [-0.2, -0.15) is 26.3 Å².